The second-order valence-corrected chi connectivity index (χ2v) is 4.65. The molecule has 0 amide bonds. The van der Waals surface area contributed by atoms with E-state index in [0.717, 1.165) is 5.33 Å². The average Bonchev–Trinajstić information content (AvgIpc) is 2.02. The molecule has 0 heterocycles. The molecule has 5 heteroatoms. The molecule has 0 N–H and O–H groups in total. The van der Waals surface area contributed by atoms with E-state index in [9.17, 15) is 13.2 Å². The van der Waals surface area contributed by atoms with Gasteiger partial charge >= 0.3 is 6.18 Å². The van der Waals surface area contributed by atoms with E-state index in [4.69, 9.17) is 0 Å². The van der Waals surface area contributed by atoms with Crippen molar-refractivity contribution in [2.75, 3.05) is 18.9 Å². The fourth-order valence-electron chi connectivity index (χ4n) is 0.921. The van der Waals surface area contributed by atoms with Gasteiger partial charge in [-0.25, -0.2) is 0 Å². The lowest BCUT2D eigenvalue weighted by atomic mass is 10.1. The third kappa shape index (κ3) is 5.86. The van der Waals surface area contributed by atoms with Gasteiger partial charge in [0.15, 0.2) is 0 Å². The Hall–Kier alpha value is 0.230. The maximum absolute atomic E-state index is 11.9. The van der Waals surface area contributed by atoms with Crippen molar-refractivity contribution >= 4 is 15.9 Å². The highest BCUT2D eigenvalue weighted by molar-refractivity contribution is 9.09. The van der Waals surface area contributed by atoms with Crippen LogP contribution in [0.2, 0.25) is 0 Å². The van der Waals surface area contributed by atoms with Gasteiger partial charge in [0.25, 0.3) is 0 Å². The molecule has 14 heavy (non-hydrogen) atoms. The molecule has 0 aromatic carbocycles. The lowest BCUT2D eigenvalue weighted by molar-refractivity contribution is -0.136. The number of rotatable bonds is 5. The maximum atomic E-state index is 11.9. The molecule has 0 aliphatic rings. The summed E-state index contributed by atoms with van der Waals surface area (Å²) in [5.41, 5.74) is -0.0917. The Morgan fingerprint density at radius 2 is 1.71 bits per heavy atom. The predicted octanol–water partition coefficient (Wildman–Crippen LogP) is 3.43. The van der Waals surface area contributed by atoms with Gasteiger partial charge in [-0.3, -0.25) is 0 Å². The Bertz CT molecular complexity index is 168. The molecule has 1 nitrogen and oxygen atoms in total. The molecule has 0 spiro atoms. The van der Waals surface area contributed by atoms with E-state index in [2.05, 4.69) is 15.9 Å². The van der Waals surface area contributed by atoms with Gasteiger partial charge in [-0.1, -0.05) is 15.9 Å². The first kappa shape index (κ1) is 14.2. The van der Waals surface area contributed by atoms with Crippen molar-refractivity contribution < 1.29 is 13.2 Å². The van der Waals surface area contributed by atoms with Crippen molar-refractivity contribution in [1.82, 2.24) is 4.90 Å². The monoisotopic (exact) mass is 275 g/mol. The fourth-order valence-corrected chi connectivity index (χ4v) is 1.35. The van der Waals surface area contributed by atoms with E-state index in [1.54, 1.807) is 0 Å². The van der Waals surface area contributed by atoms with Gasteiger partial charge in [-0.05, 0) is 33.9 Å². The summed E-state index contributed by atoms with van der Waals surface area (Å²) >= 11 is 3.34. The molecule has 0 aliphatic carbocycles. The van der Waals surface area contributed by atoms with Crippen LogP contribution in [0.5, 0.6) is 0 Å². The van der Waals surface area contributed by atoms with E-state index < -0.39 is 12.6 Å². The van der Waals surface area contributed by atoms with Crippen molar-refractivity contribution in [2.45, 2.75) is 38.4 Å². The minimum atomic E-state index is -4.03. The van der Waals surface area contributed by atoms with Crippen molar-refractivity contribution in [3.8, 4) is 0 Å². The Kier molecular flexibility index (Phi) is 5.44. The summed E-state index contributed by atoms with van der Waals surface area (Å²) in [6.45, 7) is 4.46. The molecule has 0 aliphatic heterocycles. The van der Waals surface area contributed by atoms with Crippen molar-refractivity contribution in [1.29, 1.82) is 0 Å². The van der Waals surface area contributed by atoms with Crippen LogP contribution in [0, 0.1) is 0 Å². The molecular formula is C9H17BrF3N. The second kappa shape index (κ2) is 5.35. The van der Waals surface area contributed by atoms with Crippen LogP contribution in [0.4, 0.5) is 13.2 Å². The van der Waals surface area contributed by atoms with Crippen LogP contribution in [0.25, 0.3) is 0 Å². The molecule has 0 bridgehead atoms. The zero-order valence-electron chi connectivity index (χ0n) is 8.79. The van der Waals surface area contributed by atoms with E-state index in [0.29, 0.717) is 6.54 Å². The van der Waals surface area contributed by atoms with E-state index in [1.807, 2.05) is 25.8 Å². The van der Waals surface area contributed by atoms with E-state index in [1.165, 1.54) is 0 Å². The van der Waals surface area contributed by atoms with Crippen LogP contribution in [0.3, 0.4) is 0 Å². The van der Waals surface area contributed by atoms with Crippen molar-refractivity contribution in [2.24, 2.45) is 0 Å². The van der Waals surface area contributed by atoms with Gasteiger partial charge < -0.3 is 4.90 Å². The first-order valence-corrected chi connectivity index (χ1v) is 5.65. The molecule has 0 rings (SSSR count). The zero-order chi connectivity index (χ0) is 11.4. The SMILES string of the molecule is CN(CCCC(F)(F)F)C(C)(C)CBr. The Balaban J connectivity index is 3.80. The van der Waals surface area contributed by atoms with Crippen LogP contribution < -0.4 is 0 Å². The van der Waals surface area contributed by atoms with Crippen LogP contribution in [-0.2, 0) is 0 Å². The lowest BCUT2D eigenvalue weighted by Crippen LogP contribution is -2.43. The second-order valence-electron chi connectivity index (χ2n) is 4.09. The predicted molar refractivity (Wildman–Crippen MR) is 55.8 cm³/mol. The third-order valence-corrected chi connectivity index (χ3v) is 3.69. The molecular weight excluding hydrogens is 259 g/mol. The first-order valence-electron chi connectivity index (χ1n) is 4.53. The third-order valence-electron chi connectivity index (χ3n) is 2.31. The summed E-state index contributed by atoms with van der Waals surface area (Å²) in [7, 11) is 1.84. The highest BCUT2D eigenvalue weighted by Gasteiger charge is 2.28. The zero-order valence-corrected chi connectivity index (χ0v) is 10.4. The number of alkyl halides is 4. The Labute approximate surface area is 91.8 Å². The summed E-state index contributed by atoms with van der Waals surface area (Å²) < 4.78 is 35.6. The quantitative estimate of drug-likeness (QED) is 0.695. The fraction of sp³-hybridized carbons (Fsp3) is 1.00. The Morgan fingerprint density at radius 1 is 1.21 bits per heavy atom. The number of hydrogen-bond acceptors (Lipinski definition) is 1. The largest absolute Gasteiger partial charge is 0.389 e. The summed E-state index contributed by atoms with van der Waals surface area (Å²) in [5.74, 6) is 0. The normalized spacial score (nSPS) is 13.7. The minimum Gasteiger partial charge on any atom is -0.300 e. The Morgan fingerprint density at radius 3 is 2.07 bits per heavy atom. The number of nitrogens with zero attached hydrogens (tertiary/aromatic N) is 1. The smallest absolute Gasteiger partial charge is 0.300 e. The van der Waals surface area contributed by atoms with Crippen LogP contribution >= 0.6 is 15.9 Å². The summed E-state index contributed by atoms with van der Waals surface area (Å²) in [5, 5.41) is 0.752. The lowest BCUT2D eigenvalue weighted by Gasteiger charge is -2.34. The van der Waals surface area contributed by atoms with E-state index >= 15 is 0 Å². The van der Waals surface area contributed by atoms with Crippen LogP contribution in [0.1, 0.15) is 26.7 Å². The maximum Gasteiger partial charge on any atom is 0.389 e. The molecule has 0 unspecified atom stereocenters. The van der Waals surface area contributed by atoms with Crippen molar-refractivity contribution in [3.05, 3.63) is 0 Å². The molecule has 0 atom stereocenters. The van der Waals surface area contributed by atoms with Gasteiger partial charge in [0.05, 0.1) is 0 Å². The average molecular weight is 276 g/mol. The molecule has 0 saturated carbocycles. The topological polar surface area (TPSA) is 3.24 Å². The standard InChI is InChI=1S/C9H17BrF3N/c1-8(2,7-10)14(3)6-4-5-9(11,12)13/h4-7H2,1-3H3. The summed E-state index contributed by atoms with van der Waals surface area (Å²) in [6, 6.07) is 0. The van der Waals surface area contributed by atoms with E-state index in [-0.39, 0.29) is 12.0 Å². The molecule has 0 fully saturated rings. The molecule has 0 saturated heterocycles. The molecule has 0 aromatic heterocycles. The molecule has 0 radical (unpaired) electrons. The summed E-state index contributed by atoms with van der Waals surface area (Å²) in [4.78, 5) is 1.94. The number of hydrogen-bond donors (Lipinski definition) is 0. The van der Waals surface area contributed by atoms with Crippen LogP contribution in [0.15, 0.2) is 0 Å². The number of halogens is 4. The van der Waals surface area contributed by atoms with Crippen molar-refractivity contribution in [3.63, 3.8) is 0 Å². The van der Waals surface area contributed by atoms with Gasteiger partial charge in [0.2, 0.25) is 0 Å². The van der Waals surface area contributed by atoms with Gasteiger partial charge in [0, 0.05) is 17.3 Å². The first-order chi connectivity index (χ1) is 6.19. The minimum absolute atomic E-state index is 0.0917. The van der Waals surface area contributed by atoms with Crippen LogP contribution in [-0.4, -0.2) is 35.5 Å². The molecule has 86 valence electrons. The van der Waals surface area contributed by atoms with Gasteiger partial charge in [-0.2, -0.15) is 13.2 Å². The van der Waals surface area contributed by atoms with Gasteiger partial charge in [-0.15, -0.1) is 0 Å². The highest BCUT2D eigenvalue weighted by atomic mass is 79.9. The molecule has 0 aromatic rings. The van der Waals surface area contributed by atoms with Gasteiger partial charge in [0.1, 0.15) is 0 Å². The summed E-state index contributed by atoms with van der Waals surface area (Å²) in [6.07, 6.45) is -4.56. The highest BCUT2D eigenvalue weighted by Crippen LogP contribution is 2.22.